The quantitative estimate of drug-likeness (QED) is 0.472. The molecule has 1 rings (SSSR count). The number of hydrogen-bond acceptors (Lipinski definition) is 2. The van der Waals surface area contributed by atoms with Crippen molar-refractivity contribution < 1.29 is 5.11 Å². The topological polar surface area (TPSA) is 44.6 Å². The lowest BCUT2D eigenvalue weighted by Gasteiger charge is -2.17. The predicted molar refractivity (Wildman–Crippen MR) is 39.5 cm³/mol. The van der Waals surface area contributed by atoms with Crippen LogP contribution in [0, 0.1) is 0 Å². The van der Waals surface area contributed by atoms with Crippen molar-refractivity contribution >= 4 is 23.0 Å². The molecule has 4 heteroatoms. The normalized spacial score (nSPS) is 27.1. The van der Waals surface area contributed by atoms with Crippen molar-refractivity contribution in [3.63, 3.8) is 0 Å². The lowest BCUT2D eigenvalue weighted by Crippen LogP contribution is -2.38. The molecule has 0 aromatic heterocycles. The molecule has 0 aliphatic carbocycles. The van der Waals surface area contributed by atoms with Gasteiger partial charge < -0.3 is 10.4 Å². The molecule has 0 saturated carbocycles. The third kappa shape index (κ3) is 1.73. The highest BCUT2D eigenvalue weighted by atomic mass is 32.1. The van der Waals surface area contributed by atoms with Crippen LogP contribution in [0.1, 0.15) is 13.3 Å². The van der Waals surface area contributed by atoms with Gasteiger partial charge in [-0.2, -0.15) is 0 Å². The average molecular weight is 144 g/mol. The first kappa shape index (κ1) is 6.64. The van der Waals surface area contributed by atoms with Gasteiger partial charge in [-0.15, -0.1) is 0 Å². The SMILES string of the molecule is CC1=NC(=S)NC(O)C1. The second kappa shape index (κ2) is 2.41. The van der Waals surface area contributed by atoms with Gasteiger partial charge in [-0.3, -0.25) is 0 Å². The molecule has 2 N–H and O–H groups in total. The fourth-order valence-electron chi connectivity index (χ4n) is 0.725. The van der Waals surface area contributed by atoms with E-state index in [4.69, 9.17) is 17.3 Å². The summed E-state index contributed by atoms with van der Waals surface area (Å²) < 4.78 is 0. The minimum Gasteiger partial charge on any atom is -0.373 e. The fraction of sp³-hybridized carbons (Fsp3) is 0.600. The van der Waals surface area contributed by atoms with Crippen LogP contribution in [-0.4, -0.2) is 22.2 Å². The Labute approximate surface area is 58.8 Å². The summed E-state index contributed by atoms with van der Waals surface area (Å²) in [5, 5.41) is 12.0. The van der Waals surface area contributed by atoms with Crippen LogP contribution in [0.5, 0.6) is 0 Å². The molecule has 9 heavy (non-hydrogen) atoms. The Balaban J connectivity index is 2.67. The molecule has 0 saturated heterocycles. The summed E-state index contributed by atoms with van der Waals surface area (Å²) >= 11 is 4.70. The van der Waals surface area contributed by atoms with Crippen LogP contribution in [0.3, 0.4) is 0 Å². The molecule has 1 heterocycles. The number of rotatable bonds is 0. The van der Waals surface area contributed by atoms with Gasteiger partial charge in [0, 0.05) is 12.1 Å². The molecule has 1 unspecified atom stereocenters. The first-order valence-corrected chi connectivity index (χ1v) is 3.12. The molecule has 1 aliphatic rings. The van der Waals surface area contributed by atoms with Crippen LogP contribution >= 0.6 is 12.2 Å². The molecule has 0 aromatic rings. The van der Waals surface area contributed by atoms with Crippen molar-refractivity contribution in [1.29, 1.82) is 0 Å². The van der Waals surface area contributed by atoms with E-state index in [1.54, 1.807) is 0 Å². The molecule has 0 fully saturated rings. The van der Waals surface area contributed by atoms with Gasteiger partial charge in [0.1, 0.15) is 6.23 Å². The van der Waals surface area contributed by atoms with Crippen LogP contribution in [0.4, 0.5) is 0 Å². The van der Waals surface area contributed by atoms with Gasteiger partial charge in [0.05, 0.1) is 0 Å². The summed E-state index contributed by atoms with van der Waals surface area (Å²) in [4.78, 5) is 3.91. The van der Waals surface area contributed by atoms with E-state index in [1.807, 2.05) is 6.92 Å². The number of nitrogens with one attached hydrogen (secondary N) is 1. The van der Waals surface area contributed by atoms with E-state index in [0.29, 0.717) is 11.5 Å². The van der Waals surface area contributed by atoms with Crippen molar-refractivity contribution in [2.24, 2.45) is 4.99 Å². The zero-order chi connectivity index (χ0) is 6.85. The molecule has 0 aromatic carbocycles. The van der Waals surface area contributed by atoms with Gasteiger partial charge in [-0.1, -0.05) is 0 Å². The fourth-order valence-corrected chi connectivity index (χ4v) is 1.02. The summed E-state index contributed by atoms with van der Waals surface area (Å²) in [5.41, 5.74) is 0.881. The van der Waals surface area contributed by atoms with Crippen LogP contribution in [0.2, 0.25) is 0 Å². The summed E-state index contributed by atoms with van der Waals surface area (Å²) in [6, 6.07) is 0. The van der Waals surface area contributed by atoms with E-state index in [2.05, 4.69) is 10.3 Å². The van der Waals surface area contributed by atoms with Crippen LogP contribution < -0.4 is 5.32 Å². The third-order valence-corrected chi connectivity index (χ3v) is 1.28. The largest absolute Gasteiger partial charge is 0.373 e. The highest BCUT2D eigenvalue weighted by Gasteiger charge is 2.11. The van der Waals surface area contributed by atoms with Crippen LogP contribution in [0.15, 0.2) is 4.99 Å². The predicted octanol–water partition coefficient (Wildman–Crippen LogP) is 0.0439. The van der Waals surface area contributed by atoms with E-state index < -0.39 is 6.23 Å². The zero-order valence-electron chi connectivity index (χ0n) is 5.09. The average Bonchev–Trinajstić information content (AvgIpc) is 1.59. The second-order valence-corrected chi connectivity index (χ2v) is 2.40. The Bertz CT molecular complexity index is 166. The van der Waals surface area contributed by atoms with Crippen molar-refractivity contribution in [3.8, 4) is 0 Å². The number of aliphatic hydroxyl groups excluding tert-OH is 1. The highest BCUT2D eigenvalue weighted by Crippen LogP contribution is 1.98. The van der Waals surface area contributed by atoms with Crippen molar-refractivity contribution in [1.82, 2.24) is 5.32 Å². The van der Waals surface area contributed by atoms with Gasteiger partial charge in [-0.05, 0) is 19.1 Å². The summed E-state index contributed by atoms with van der Waals surface area (Å²) in [6.07, 6.45) is 0.0372. The van der Waals surface area contributed by atoms with Crippen LogP contribution in [-0.2, 0) is 0 Å². The van der Waals surface area contributed by atoms with Gasteiger partial charge in [-0.25, -0.2) is 4.99 Å². The Morgan fingerprint density at radius 1 is 1.89 bits per heavy atom. The number of thiocarbonyl (C=S) groups is 1. The van der Waals surface area contributed by atoms with E-state index in [9.17, 15) is 0 Å². The highest BCUT2D eigenvalue weighted by molar-refractivity contribution is 7.80. The molecule has 0 spiro atoms. The third-order valence-electron chi connectivity index (χ3n) is 1.07. The second-order valence-electron chi connectivity index (χ2n) is 2.02. The zero-order valence-corrected chi connectivity index (χ0v) is 5.90. The van der Waals surface area contributed by atoms with Crippen LogP contribution in [0.25, 0.3) is 0 Å². The summed E-state index contributed by atoms with van der Waals surface area (Å²) in [6.45, 7) is 1.84. The molecule has 1 atom stereocenters. The van der Waals surface area contributed by atoms with Gasteiger partial charge in [0.2, 0.25) is 0 Å². The molecular formula is C5H8N2OS. The van der Waals surface area contributed by atoms with Crippen molar-refractivity contribution in [2.45, 2.75) is 19.6 Å². The lowest BCUT2D eigenvalue weighted by molar-refractivity contribution is 0.166. The van der Waals surface area contributed by atoms with Crippen molar-refractivity contribution in [3.05, 3.63) is 0 Å². The van der Waals surface area contributed by atoms with Crippen molar-refractivity contribution in [2.75, 3.05) is 0 Å². The van der Waals surface area contributed by atoms with E-state index >= 15 is 0 Å². The maximum absolute atomic E-state index is 8.97. The molecule has 50 valence electrons. The molecule has 0 amide bonds. The Kier molecular flexibility index (Phi) is 1.78. The molecule has 0 bridgehead atoms. The first-order chi connectivity index (χ1) is 4.18. The summed E-state index contributed by atoms with van der Waals surface area (Å²) in [7, 11) is 0. The molecular weight excluding hydrogens is 136 g/mol. The van der Waals surface area contributed by atoms with E-state index in [1.165, 1.54) is 0 Å². The lowest BCUT2D eigenvalue weighted by atomic mass is 10.2. The number of aliphatic hydroxyl groups is 1. The molecule has 1 aliphatic heterocycles. The number of hydrogen-bond donors (Lipinski definition) is 2. The maximum atomic E-state index is 8.97. The van der Waals surface area contributed by atoms with E-state index in [0.717, 1.165) is 5.71 Å². The molecule has 0 radical (unpaired) electrons. The van der Waals surface area contributed by atoms with E-state index in [-0.39, 0.29) is 0 Å². The van der Waals surface area contributed by atoms with Gasteiger partial charge in [0.25, 0.3) is 0 Å². The maximum Gasteiger partial charge on any atom is 0.194 e. The Morgan fingerprint density at radius 2 is 2.56 bits per heavy atom. The Hall–Kier alpha value is -0.480. The molecule has 3 nitrogen and oxygen atoms in total. The monoisotopic (exact) mass is 144 g/mol. The van der Waals surface area contributed by atoms with Gasteiger partial charge >= 0.3 is 0 Å². The number of aliphatic imine (C=N–C) groups is 1. The van der Waals surface area contributed by atoms with Gasteiger partial charge in [0.15, 0.2) is 5.11 Å². The number of nitrogens with zero attached hydrogens (tertiary/aromatic N) is 1. The Morgan fingerprint density at radius 3 is 3.00 bits per heavy atom. The minimum atomic E-state index is -0.532. The standard InChI is InChI=1S/C5H8N2OS/c1-3-2-4(8)7-5(9)6-3/h4,8H,2H2,1H3,(H,7,9). The summed E-state index contributed by atoms with van der Waals surface area (Å²) in [5.74, 6) is 0. The first-order valence-electron chi connectivity index (χ1n) is 2.71. The minimum absolute atomic E-state index is 0.381. The smallest absolute Gasteiger partial charge is 0.194 e.